The van der Waals surface area contributed by atoms with Crippen molar-refractivity contribution in [3.05, 3.63) is 0 Å². The summed E-state index contributed by atoms with van der Waals surface area (Å²) in [4.78, 5) is 11.6. The Morgan fingerprint density at radius 3 is 2.35 bits per heavy atom. The van der Waals surface area contributed by atoms with Crippen LogP contribution in [-0.4, -0.2) is 30.3 Å². The van der Waals surface area contributed by atoms with Crippen LogP contribution in [0.25, 0.3) is 0 Å². The number of hydrogen-bond acceptors (Lipinski definition) is 3. The van der Waals surface area contributed by atoms with Crippen LogP contribution in [0.15, 0.2) is 0 Å². The molecule has 0 aromatic carbocycles. The third kappa shape index (κ3) is 11.1. The second kappa shape index (κ2) is 10.0. The van der Waals surface area contributed by atoms with E-state index in [1.165, 1.54) is 25.7 Å². The van der Waals surface area contributed by atoms with E-state index in [4.69, 9.17) is 4.74 Å². The van der Waals surface area contributed by atoms with Crippen LogP contribution < -0.4 is 10.6 Å². The number of carbonyl (C=O) groups excluding carboxylic acids is 1. The molecule has 2 unspecified atom stereocenters. The fourth-order valence-electron chi connectivity index (χ4n) is 2.03. The lowest BCUT2D eigenvalue weighted by atomic mass is 10.1. The van der Waals surface area contributed by atoms with E-state index in [2.05, 4.69) is 31.4 Å². The fourth-order valence-corrected chi connectivity index (χ4v) is 2.03. The molecule has 0 aliphatic carbocycles. The van der Waals surface area contributed by atoms with Gasteiger partial charge in [-0.3, -0.25) is 0 Å². The van der Waals surface area contributed by atoms with E-state index in [1.807, 2.05) is 20.8 Å². The summed E-state index contributed by atoms with van der Waals surface area (Å²) in [5.74, 6) is 0. The molecule has 0 aliphatic rings. The monoisotopic (exact) mass is 286 g/mol. The molecule has 0 spiro atoms. The molecule has 120 valence electrons. The highest BCUT2D eigenvalue weighted by Crippen LogP contribution is 2.07. The number of carbonyl (C=O) groups is 1. The minimum atomic E-state index is -0.438. The Bertz CT molecular complexity index is 262. The maximum absolute atomic E-state index is 11.6. The van der Waals surface area contributed by atoms with E-state index in [0.29, 0.717) is 18.6 Å². The first kappa shape index (κ1) is 19.2. The van der Waals surface area contributed by atoms with Crippen LogP contribution in [0.3, 0.4) is 0 Å². The molecule has 0 aromatic heterocycles. The van der Waals surface area contributed by atoms with Gasteiger partial charge in [0.25, 0.3) is 0 Å². The van der Waals surface area contributed by atoms with Gasteiger partial charge in [-0.15, -0.1) is 0 Å². The molecule has 0 aliphatic heterocycles. The average molecular weight is 286 g/mol. The fraction of sp³-hybridized carbons (Fsp3) is 0.938. The third-order valence-corrected chi connectivity index (χ3v) is 3.15. The molecule has 1 amide bonds. The van der Waals surface area contributed by atoms with Crippen molar-refractivity contribution >= 4 is 6.09 Å². The van der Waals surface area contributed by atoms with Gasteiger partial charge in [0.15, 0.2) is 0 Å². The molecule has 2 atom stereocenters. The summed E-state index contributed by atoms with van der Waals surface area (Å²) >= 11 is 0. The van der Waals surface area contributed by atoms with Crippen LogP contribution in [0.2, 0.25) is 0 Å². The van der Waals surface area contributed by atoms with Crippen molar-refractivity contribution in [3.63, 3.8) is 0 Å². The van der Waals surface area contributed by atoms with Crippen molar-refractivity contribution in [1.82, 2.24) is 10.6 Å². The zero-order valence-electron chi connectivity index (χ0n) is 14.2. The third-order valence-electron chi connectivity index (χ3n) is 3.15. The lowest BCUT2D eigenvalue weighted by Crippen LogP contribution is -2.45. The number of alkyl carbamates (subject to hydrolysis) is 1. The average Bonchev–Trinajstić information content (AvgIpc) is 2.32. The topological polar surface area (TPSA) is 50.4 Å². The van der Waals surface area contributed by atoms with Crippen LogP contribution in [-0.2, 0) is 4.74 Å². The minimum Gasteiger partial charge on any atom is -0.444 e. The van der Waals surface area contributed by atoms with Crippen molar-refractivity contribution in [2.75, 3.05) is 6.54 Å². The summed E-state index contributed by atoms with van der Waals surface area (Å²) in [5, 5.41) is 6.41. The second-order valence-corrected chi connectivity index (χ2v) is 6.55. The Labute approximate surface area is 125 Å². The summed E-state index contributed by atoms with van der Waals surface area (Å²) in [6.07, 6.45) is 5.66. The number of nitrogens with one attached hydrogen (secondary N) is 2. The highest BCUT2D eigenvalue weighted by molar-refractivity contribution is 5.67. The zero-order valence-corrected chi connectivity index (χ0v) is 14.2. The Balaban J connectivity index is 3.94. The predicted molar refractivity (Wildman–Crippen MR) is 85.1 cm³/mol. The van der Waals surface area contributed by atoms with E-state index < -0.39 is 5.60 Å². The Hall–Kier alpha value is -0.770. The zero-order chi connectivity index (χ0) is 15.6. The van der Waals surface area contributed by atoms with Gasteiger partial charge in [-0.05, 0) is 40.5 Å². The molecule has 4 nitrogen and oxygen atoms in total. The van der Waals surface area contributed by atoms with Crippen molar-refractivity contribution in [2.24, 2.45) is 0 Å². The normalized spacial score (nSPS) is 14.7. The van der Waals surface area contributed by atoms with Crippen LogP contribution in [0, 0.1) is 0 Å². The van der Waals surface area contributed by atoms with Gasteiger partial charge in [0.1, 0.15) is 5.60 Å². The smallest absolute Gasteiger partial charge is 0.407 e. The quantitative estimate of drug-likeness (QED) is 0.633. The molecule has 20 heavy (non-hydrogen) atoms. The van der Waals surface area contributed by atoms with Crippen molar-refractivity contribution < 1.29 is 9.53 Å². The molecule has 0 heterocycles. The summed E-state index contributed by atoms with van der Waals surface area (Å²) in [5.41, 5.74) is -0.438. The first-order valence-electron chi connectivity index (χ1n) is 8.01. The van der Waals surface area contributed by atoms with Crippen LogP contribution >= 0.6 is 0 Å². The summed E-state index contributed by atoms with van der Waals surface area (Å²) in [6, 6.07) is 0.797. The molecule has 0 aromatic rings. The molecule has 0 bridgehead atoms. The van der Waals surface area contributed by atoms with Gasteiger partial charge in [-0.25, -0.2) is 4.79 Å². The molecule has 0 saturated carbocycles. The van der Waals surface area contributed by atoms with Gasteiger partial charge in [0.2, 0.25) is 0 Å². The van der Waals surface area contributed by atoms with E-state index in [1.54, 1.807) is 0 Å². The molecular weight excluding hydrogens is 252 g/mol. The molecule has 0 rings (SSSR count). The van der Waals surface area contributed by atoms with Crippen LogP contribution in [0.1, 0.15) is 73.6 Å². The van der Waals surface area contributed by atoms with Crippen molar-refractivity contribution in [3.8, 4) is 0 Å². The highest BCUT2D eigenvalue weighted by atomic mass is 16.6. The first-order chi connectivity index (χ1) is 9.28. The number of rotatable bonds is 9. The Kier molecular flexibility index (Phi) is 9.64. The largest absolute Gasteiger partial charge is 0.444 e. The van der Waals surface area contributed by atoms with E-state index in [-0.39, 0.29) is 6.09 Å². The molecule has 2 N–H and O–H groups in total. The van der Waals surface area contributed by atoms with Gasteiger partial charge in [0.05, 0.1) is 0 Å². The van der Waals surface area contributed by atoms with Gasteiger partial charge in [-0.1, -0.05) is 33.1 Å². The van der Waals surface area contributed by atoms with Crippen molar-refractivity contribution in [2.45, 2.75) is 91.3 Å². The lowest BCUT2D eigenvalue weighted by molar-refractivity contribution is 0.0521. The minimum absolute atomic E-state index is 0.305. The van der Waals surface area contributed by atoms with E-state index >= 15 is 0 Å². The maximum atomic E-state index is 11.6. The number of ether oxygens (including phenoxy) is 1. The number of hydrogen-bond donors (Lipinski definition) is 2. The summed E-state index contributed by atoms with van der Waals surface area (Å²) in [6.45, 7) is 12.8. The molecule has 0 fully saturated rings. The van der Waals surface area contributed by atoms with Gasteiger partial charge in [0, 0.05) is 18.6 Å². The number of unbranched alkanes of at least 4 members (excludes halogenated alkanes) is 2. The van der Waals surface area contributed by atoms with Crippen LogP contribution in [0.5, 0.6) is 0 Å². The van der Waals surface area contributed by atoms with Crippen LogP contribution in [0.4, 0.5) is 4.79 Å². The first-order valence-corrected chi connectivity index (χ1v) is 8.01. The molecule has 0 saturated heterocycles. The summed E-state index contributed by atoms with van der Waals surface area (Å²) < 4.78 is 5.24. The lowest BCUT2D eigenvalue weighted by Gasteiger charge is -2.24. The summed E-state index contributed by atoms with van der Waals surface area (Å²) in [7, 11) is 0. The molecule has 4 heteroatoms. The van der Waals surface area contributed by atoms with Crippen molar-refractivity contribution in [1.29, 1.82) is 0 Å². The maximum Gasteiger partial charge on any atom is 0.407 e. The predicted octanol–water partition coefficient (Wildman–Crippen LogP) is 3.85. The SMILES string of the molecule is CCCCCC(C)NC(CC)CNC(=O)OC(C)(C)C. The van der Waals surface area contributed by atoms with Gasteiger partial charge in [-0.2, -0.15) is 0 Å². The Morgan fingerprint density at radius 2 is 1.85 bits per heavy atom. The Morgan fingerprint density at radius 1 is 1.20 bits per heavy atom. The van der Waals surface area contributed by atoms with E-state index in [9.17, 15) is 4.79 Å². The second-order valence-electron chi connectivity index (χ2n) is 6.55. The molecular formula is C16H34N2O2. The van der Waals surface area contributed by atoms with E-state index in [0.717, 1.165) is 6.42 Å². The van der Waals surface area contributed by atoms with Gasteiger partial charge < -0.3 is 15.4 Å². The van der Waals surface area contributed by atoms with Gasteiger partial charge >= 0.3 is 6.09 Å². The standard InChI is InChI=1S/C16H34N2O2/c1-7-9-10-11-13(3)18-14(8-2)12-17-15(19)20-16(4,5)6/h13-14,18H,7-12H2,1-6H3,(H,17,19). The highest BCUT2D eigenvalue weighted by Gasteiger charge is 2.17. The molecule has 0 radical (unpaired) electrons. The number of amides is 1.